The van der Waals surface area contributed by atoms with E-state index in [0.717, 1.165) is 0 Å². The molecule has 4 N–H and O–H groups in total. The number of rotatable bonds is 7. The van der Waals surface area contributed by atoms with Crippen LogP contribution in [0, 0.1) is 10.1 Å². The van der Waals surface area contributed by atoms with E-state index >= 15 is 0 Å². The summed E-state index contributed by atoms with van der Waals surface area (Å²) in [6, 6.07) is 8.67. The Labute approximate surface area is 163 Å². The summed E-state index contributed by atoms with van der Waals surface area (Å²) in [5.74, 6) is 0. The number of nitrogens with zero attached hydrogens (tertiary/aromatic N) is 3. The van der Waals surface area contributed by atoms with Gasteiger partial charge in [-0.15, -0.1) is 5.11 Å². The summed E-state index contributed by atoms with van der Waals surface area (Å²) >= 11 is 5.78. The lowest BCUT2D eigenvalue weighted by Gasteiger charge is -2.16. The van der Waals surface area contributed by atoms with Crippen molar-refractivity contribution in [2.45, 2.75) is 19.1 Å². The second kappa shape index (κ2) is 8.19. The number of benzene rings is 2. The molecule has 146 valence electrons. The molecule has 10 nitrogen and oxygen atoms in total. The van der Waals surface area contributed by atoms with E-state index < -0.39 is 17.1 Å². The number of azo groups is 1. The highest BCUT2D eigenvalue weighted by Gasteiger charge is 2.17. The Morgan fingerprint density at radius 1 is 1.25 bits per heavy atom. The van der Waals surface area contributed by atoms with Crippen LogP contribution in [0.25, 0.3) is 11.0 Å². The molecule has 0 saturated heterocycles. The number of imidazole rings is 1. The maximum Gasteiger partial charge on any atom is 0.323 e. The Morgan fingerprint density at radius 3 is 2.71 bits per heavy atom. The SMILES string of the molecule is CC(O)C(CNc1ccc2[nH]c(=O)[nH]c2c1)N=Nc1ccc(Cl)cc1[N+](=O)[O-]. The topological polar surface area (TPSA) is 149 Å². The predicted octanol–water partition coefficient (Wildman–Crippen LogP) is 3.36. The van der Waals surface area contributed by atoms with Gasteiger partial charge in [-0.05, 0) is 37.3 Å². The van der Waals surface area contributed by atoms with Crippen LogP contribution < -0.4 is 11.0 Å². The normalized spacial score (nSPS) is 13.7. The van der Waals surface area contributed by atoms with Crippen LogP contribution in [0.1, 0.15) is 6.92 Å². The maximum absolute atomic E-state index is 11.3. The molecule has 28 heavy (non-hydrogen) atoms. The van der Waals surface area contributed by atoms with Crippen molar-refractivity contribution >= 4 is 39.7 Å². The molecule has 2 atom stereocenters. The summed E-state index contributed by atoms with van der Waals surface area (Å²) in [5, 5.41) is 32.4. The zero-order valence-electron chi connectivity index (χ0n) is 14.7. The van der Waals surface area contributed by atoms with Gasteiger partial charge in [0, 0.05) is 23.3 Å². The van der Waals surface area contributed by atoms with E-state index in [9.17, 15) is 20.0 Å². The van der Waals surface area contributed by atoms with Crippen LogP contribution in [0.4, 0.5) is 17.1 Å². The van der Waals surface area contributed by atoms with Gasteiger partial charge in [-0.1, -0.05) is 11.6 Å². The number of aromatic nitrogens is 2. The Kier molecular flexibility index (Phi) is 5.71. The highest BCUT2D eigenvalue weighted by molar-refractivity contribution is 6.30. The summed E-state index contributed by atoms with van der Waals surface area (Å²) < 4.78 is 0. The lowest BCUT2D eigenvalue weighted by Crippen LogP contribution is -2.28. The van der Waals surface area contributed by atoms with Crippen molar-refractivity contribution in [2.75, 3.05) is 11.9 Å². The number of hydrogen-bond donors (Lipinski definition) is 4. The smallest absolute Gasteiger partial charge is 0.323 e. The monoisotopic (exact) mass is 404 g/mol. The Hall–Kier alpha value is -3.24. The molecule has 1 heterocycles. The van der Waals surface area contributed by atoms with Gasteiger partial charge in [0.15, 0.2) is 5.69 Å². The fourth-order valence-corrected chi connectivity index (χ4v) is 2.70. The molecule has 0 aliphatic rings. The van der Waals surface area contributed by atoms with E-state index in [1.54, 1.807) is 25.1 Å². The molecule has 0 spiro atoms. The van der Waals surface area contributed by atoms with E-state index in [2.05, 4.69) is 25.5 Å². The molecule has 0 amide bonds. The molecular formula is C17H17ClN6O4. The van der Waals surface area contributed by atoms with Crippen molar-refractivity contribution in [1.82, 2.24) is 9.97 Å². The maximum atomic E-state index is 11.3. The minimum absolute atomic E-state index is 0.0476. The number of nitrogens with one attached hydrogen (secondary N) is 3. The molecule has 0 radical (unpaired) electrons. The van der Waals surface area contributed by atoms with Gasteiger partial charge in [-0.25, -0.2) is 4.79 Å². The Morgan fingerprint density at radius 2 is 2.00 bits per heavy atom. The summed E-state index contributed by atoms with van der Waals surface area (Å²) in [6.07, 6.45) is -0.849. The van der Waals surface area contributed by atoms with Crippen LogP contribution >= 0.6 is 11.6 Å². The van der Waals surface area contributed by atoms with E-state index in [0.29, 0.717) is 16.7 Å². The van der Waals surface area contributed by atoms with Gasteiger partial charge in [-0.3, -0.25) is 10.1 Å². The molecule has 0 bridgehead atoms. The average Bonchev–Trinajstić information content (AvgIpc) is 3.01. The van der Waals surface area contributed by atoms with Crippen LogP contribution in [-0.2, 0) is 0 Å². The second-order valence-corrected chi connectivity index (χ2v) is 6.57. The summed E-state index contributed by atoms with van der Waals surface area (Å²) in [6.45, 7) is 1.77. The van der Waals surface area contributed by atoms with E-state index in [4.69, 9.17) is 11.6 Å². The average molecular weight is 405 g/mol. The predicted molar refractivity (Wildman–Crippen MR) is 106 cm³/mol. The Balaban J connectivity index is 1.75. The Bertz CT molecular complexity index is 1090. The minimum atomic E-state index is -0.849. The van der Waals surface area contributed by atoms with Gasteiger partial charge in [0.05, 0.1) is 22.1 Å². The van der Waals surface area contributed by atoms with E-state index in [1.165, 1.54) is 18.2 Å². The van der Waals surface area contributed by atoms with E-state index in [1.807, 2.05) is 0 Å². The third kappa shape index (κ3) is 4.53. The van der Waals surface area contributed by atoms with Crippen molar-refractivity contribution in [1.29, 1.82) is 0 Å². The van der Waals surface area contributed by atoms with Gasteiger partial charge in [0.25, 0.3) is 5.69 Å². The zero-order chi connectivity index (χ0) is 20.3. The summed E-state index contributed by atoms with van der Waals surface area (Å²) in [5.41, 5.74) is 1.51. The molecule has 3 rings (SSSR count). The lowest BCUT2D eigenvalue weighted by atomic mass is 10.2. The molecule has 1 aromatic heterocycles. The van der Waals surface area contributed by atoms with Crippen molar-refractivity contribution in [2.24, 2.45) is 10.2 Å². The molecule has 2 unspecified atom stereocenters. The number of halogens is 1. The number of nitro groups is 1. The first-order chi connectivity index (χ1) is 13.3. The van der Waals surface area contributed by atoms with Crippen molar-refractivity contribution < 1.29 is 10.0 Å². The first-order valence-corrected chi connectivity index (χ1v) is 8.70. The van der Waals surface area contributed by atoms with Gasteiger partial charge in [0.1, 0.15) is 6.04 Å². The second-order valence-electron chi connectivity index (χ2n) is 6.13. The number of H-pyrrole nitrogens is 2. The van der Waals surface area contributed by atoms with Crippen molar-refractivity contribution in [3.8, 4) is 0 Å². The number of aliphatic hydroxyl groups is 1. The third-order valence-electron chi connectivity index (χ3n) is 4.04. The van der Waals surface area contributed by atoms with Gasteiger partial charge >= 0.3 is 5.69 Å². The first-order valence-electron chi connectivity index (χ1n) is 8.32. The molecule has 0 fully saturated rings. The van der Waals surface area contributed by atoms with Crippen LogP contribution in [0.3, 0.4) is 0 Å². The fraction of sp³-hybridized carbons (Fsp3) is 0.235. The molecule has 3 aromatic rings. The number of aliphatic hydroxyl groups excluding tert-OH is 1. The van der Waals surface area contributed by atoms with Crippen molar-refractivity contribution in [3.63, 3.8) is 0 Å². The number of fused-ring (bicyclic) bond motifs is 1. The van der Waals surface area contributed by atoms with Crippen LogP contribution in [0.15, 0.2) is 51.4 Å². The zero-order valence-corrected chi connectivity index (χ0v) is 15.5. The molecule has 0 aliphatic carbocycles. The molecular weight excluding hydrogens is 388 g/mol. The molecule has 0 saturated carbocycles. The highest BCUT2D eigenvalue weighted by Crippen LogP contribution is 2.30. The lowest BCUT2D eigenvalue weighted by molar-refractivity contribution is -0.384. The van der Waals surface area contributed by atoms with Gasteiger partial charge < -0.3 is 20.4 Å². The number of nitro benzene ring substituents is 1. The summed E-state index contributed by atoms with van der Waals surface area (Å²) in [7, 11) is 0. The van der Waals surface area contributed by atoms with Crippen LogP contribution in [0.2, 0.25) is 5.02 Å². The number of anilines is 1. The largest absolute Gasteiger partial charge is 0.391 e. The highest BCUT2D eigenvalue weighted by atomic mass is 35.5. The molecule has 0 aliphatic heterocycles. The first kappa shape index (κ1) is 19.5. The fourth-order valence-electron chi connectivity index (χ4n) is 2.54. The van der Waals surface area contributed by atoms with E-state index in [-0.39, 0.29) is 28.6 Å². The summed E-state index contributed by atoms with van der Waals surface area (Å²) in [4.78, 5) is 27.2. The van der Waals surface area contributed by atoms with Gasteiger partial charge in [-0.2, -0.15) is 5.11 Å². The van der Waals surface area contributed by atoms with Crippen LogP contribution in [0.5, 0.6) is 0 Å². The number of hydrogen-bond acceptors (Lipinski definition) is 7. The number of aromatic amines is 2. The quantitative estimate of drug-likeness (QED) is 0.270. The van der Waals surface area contributed by atoms with Crippen LogP contribution in [-0.4, -0.2) is 38.7 Å². The van der Waals surface area contributed by atoms with Gasteiger partial charge in [0.2, 0.25) is 0 Å². The van der Waals surface area contributed by atoms with Crippen molar-refractivity contribution in [3.05, 3.63) is 62.0 Å². The molecule has 11 heteroatoms. The minimum Gasteiger partial charge on any atom is -0.391 e. The molecule has 2 aromatic carbocycles. The standard InChI is InChI=1S/C17H17ClN6O4/c1-9(25)15(23-22-13-4-2-10(18)6-16(13)24(27)28)8-19-11-3-5-12-14(7-11)21-17(26)20-12/h2-7,9,15,19,25H,8H2,1H3,(H2,20,21,26). The third-order valence-corrected chi connectivity index (χ3v) is 4.27.